The van der Waals surface area contributed by atoms with Gasteiger partial charge in [0.2, 0.25) is 5.91 Å². The van der Waals surface area contributed by atoms with Gasteiger partial charge >= 0.3 is 0 Å². The molecule has 0 atom stereocenters. The molecule has 0 unspecified atom stereocenters. The van der Waals surface area contributed by atoms with Crippen LogP contribution in [0.3, 0.4) is 0 Å². The first kappa shape index (κ1) is 11.8. The van der Waals surface area contributed by atoms with Crippen molar-refractivity contribution in [1.29, 1.82) is 0 Å². The molecule has 2 aromatic rings. The third kappa shape index (κ3) is 3.16. The van der Waals surface area contributed by atoms with Crippen LogP contribution in [0.5, 0.6) is 0 Å². The van der Waals surface area contributed by atoms with Crippen LogP contribution in [-0.2, 0) is 11.3 Å². The van der Waals surface area contributed by atoms with Crippen LogP contribution in [-0.4, -0.2) is 5.91 Å². The minimum absolute atomic E-state index is 0.131. The van der Waals surface area contributed by atoms with E-state index in [4.69, 9.17) is 4.42 Å². The van der Waals surface area contributed by atoms with Crippen molar-refractivity contribution in [1.82, 2.24) is 0 Å². The number of hydrogen-bond acceptors (Lipinski definition) is 3. The highest BCUT2D eigenvalue weighted by atomic mass is 16.3. The Balaban J connectivity index is 1.60. The molecule has 4 nitrogen and oxygen atoms in total. The van der Waals surface area contributed by atoms with Crippen molar-refractivity contribution in [2.45, 2.75) is 19.4 Å². The van der Waals surface area contributed by atoms with Gasteiger partial charge in [-0.3, -0.25) is 4.79 Å². The average molecular weight is 256 g/mol. The maximum atomic E-state index is 11.7. The second-order valence-electron chi connectivity index (χ2n) is 4.83. The molecule has 0 spiro atoms. The molecule has 0 aliphatic heterocycles. The topological polar surface area (TPSA) is 54.3 Å². The Labute approximate surface area is 111 Å². The van der Waals surface area contributed by atoms with Crippen LogP contribution in [0.2, 0.25) is 0 Å². The number of furan rings is 1. The van der Waals surface area contributed by atoms with Gasteiger partial charge in [-0.25, -0.2) is 0 Å². The molecule has 1 aliphatic rings. The van der Waals surface area contributed by atoms with E-state index in [-0.39, 0.29) is 11.8 Å². The van der Waals surface area contributed by atoms with Crippen LogP contribution in [0.25, 0.3) is 0 Å². The van der Waals surface area contributed by atoms with Crippen LogP contribution in [0.1, 0.15) is 18.4 Å². The van der Waals surface area contributed by atoms with Gasteiger partial charge in [-0.15, -0.1) is 0 Å². The van der Waals surface area contributed by atoms with E-state index in [1.54, 1.807) is 12.5 Å². The number of carbonyl (C=O) groups is 1. The van der Waals surface area contributed by atoms with Gasteiger partial charge in [0, 0.05) is 29.4 Å². The fraction of sp³-hybridized carbons (Fsp3) is 0.267. The number of anilines is 2. The van der Waals surface area contributed by atoms with Gasteiger partial charge in [-0.2, -0.15) is 0 Å². The summed E-state index contributed by atoms with van der Waals surface area (Å²) in [6.07, 6.45) is 5.41. The molecule has 3 rings (SSSR count). The first-order valence-corrected chi connectivity index (χ1v) is 6.47. The third-order valence-electron chi connectivity index (χ3n) is 3.15. The van der Waals surface area contributed by atoms with Crippen LogP contribution in [0, 0.1) is 5.92 Å². The van der Waals surface area contributed by atoms with Gasteiger partial charge < -0.3 is 15.1 Å². The largest absolute Gasteiger partial charge is 0.472 e. The van der Waals surface area contributed by atoms with E-state index < -0.39 is 0 Å². The number of amides is 1. The molecule has 1 aliphatic carbocycles. The highest BCUT2D eigenvalue weighted by Gasteiger charge is 2.29. The number of nitrogens with one attached hydrogen (secondary N) is 2. The average Bonchev–Trinajstić information content (AvgIpc) is 3.14. The molecule has 4 heteroatoms. The van der Waals surface area contributed by atoms with Crippen LogP contribution in [0.4, 0.5) is 11.4 Å². The Kier molecular flexibility index (Phi) is 3.23. The molecule has 0 radical (unpaired) electrons. The standard InChI is InChI=1S/C15H16N2O2/c18-15(12-4-5-12)17-14-3-1-2-13(8-14)16-9-11-6-7-19-10-11/h1-3,6-8,10,12,16H,4-5,9H2,(H,17,18). The van der Waals surface area contributed by atoms with Crippen molar-refractivity contribution in [3.05, 3.63) is 48.4 Å². The monoisotopic (exact) mass is 256 g/mol. The lowest BCUT2D eigenvalue weighted by Crippen LogP contribution is -2.13. The first-order valence-electron chi connectivity index (χ1n) is 6.47. The molecule has 0 bridgehead atoms. The minimum atomic E-state index is 0.131. The zero-order valence-electron chi connectivity index (χ0n) is 10.6. The first-order chi connectivity index (χ1) is 9.31. The van der Waals surface area contributed by atoms with Crippen molar-refractivity contribution >= 4 is 17.3 Å². The summed E-state index contributed by atoms with van der Waals surface area (Å²) < 4.78 is 5.02. The molecule has 1 heterocycles. The zero-order chi connectivity index (χ0) is 13.1. The summed E-state index contributed by atoms with van der Waals surface area (Å²) in [4.78, 5) is 11.7. The predicted molar refractivity (Wildman–Crippen MR) is 73.8 cm³/mol. The zero-order valence-corrected chi connectivity index (χ0v) is 10.6. The summed E-state index contributed by atoms with van der Waals surface area (Å²) in [5.74, 6) is 0.356. The molecule has 0 saturated heterocycles. The maximum Gasteiger partial charge on any atom is 0.227 e. The van der Waals surface area contributed by atoms with E-state index in [1.807, 2.05) is 30.3 Å². The van der Waals surface area contributed by atoms with Gasteiger partial charge in [0.1, 0.15) is 0 Å². The fourth-order valence-corrected chi connectivity index (χ4v) is 1.89. The SMILES string of the molecule is O=C(Nc1cccc(NCc2ccoc2)c1)C1CC1. The van der Waals surface area contributed by atoms with Crippen molar-refractivity contribution in [3.63, 3.8) is 0 Å². The molecule has 1 aromatic heterocycles. The highest BCUT2D eigenvalue weighted by Crippen LogP contribution is 2.30. The normalized spacial score (nSPS) is 14.1. The molecular formula is C15H16N2O2. The highest BCUT2D eigenvalue weighted by molar-refractivity contribution is 5.94. The summed E-state index contributed by atoms with van der Waals surface area (Å²) >= 11 is 0. The second kappa shape index (κ2) is 5.18. The molecule has 1 fully saturated rings. The molecule has 1 saturated carbocycles. The van der Waals surface area contributed by atoms with Crippen LogP contribution in [0.15, 0.2) is 47.3 Å². The smallest absolute Gasteiger partial charge is 0.227 e. The van der Waals surface area contributed by atoms with E-state index in [2.05, 4.69) is 10.6 Å². The molecule has 1 amide bonds. The van der Waals surface area contributed by atoms with Crippen molar-refractivity contribution < 1.29 is 9.21 Å². The van der Waals surface area contributed by atoms with Gasteiger partial charge in [0.15, 0.2) is 0 Å². The molecular weight excluding hydrogens is 240 g/mol. The molecule has 98 valence electrons. The summed E-state index contributed by atoms with van der Waals surface area (Å²) in [5.41, 5.74) is 2.91. The lowest BCUT2D eigenvalue weighted by Gasteiger charge is -2.08. The van der Waals surface area contributed by atoms with Crippen LogP contribution >= 0.6 is 0 Å². The van der Waals surface area contributed by atoms with Crippen molar-refractivity contribution in [2.24, 2.45) is 5.92 Å². The van der Waals surface area contributed by atoms with Gasteiger partial charge in [0.25, 0.3) is 0 Å². The minimum Gasteiger partial charge on any atom is -0.472 e. The van der Waals surface area contributed by atoms with Crippen molar-refractivity contribution in [3.8, 4) is 0 Å². The lowest BCUT2D eigenvalue weighted by atomic mass is 10.2. The number of benzene rings is 1. The maximum absolute atomic E-state index is 11.7. The molecule has 1 aromatic carbocycles. The van der Waals surface area contributed by atoms with Crippen LogP contribution < -0.4 is 10.6 Å². The number of rotatable bonds is 5. The van der Waals surface area contributed by atoms with Gasteiger partial charge in [-0.05, 0) is 37.1 Å². The second-order valence-corrected chi connectivity index (χ2v) is 4.83. The van der Waals surface area contributed by atoms with E-state index in [1.165, 1.54) is 0 Å². The Morgan fingerprint density at radius 3 is 2.84 bits per heavy atom. The Bertz CT molecular complexity index is 559. The molecule has 2 N–H and O–H groups in total. The van der Waals surface area contributed by atoms with E-state index in [9.17, 15) is 4.79 Å². The summed E-state index contributed by atoms with van der Waals surface area (Å²) in [6, 6.07) is 9.68. The summed E-state index contributed by atoms with van der Waals surface area (Å²) in [7, 11) is 0. The van der Waals surface area contributed by atoms with Gasteiger partial charge in [-0.1, -0.05) is 6.07 Å². The predicted octanol–water partition coefficient (Wildman–Crippen LogP) is 3.24. The number of hydrogen-bond donors (Lipinski definition) is 2. The summed E-state index contributed by atoms with van der Waals surface area (Å²) in [5, 5.41) is 6.23. The fourth-order valence-electron chi connectivity index (χ4n) is 1.89. The Morgan fingerprint density at radius 1 is 1.26 bits per heavy atom. The van der Waals surface area contributed by atoms with E-state index in [0.717, 1.165) is 29.8 Å². The van der Waals surface area contributed by atoms with Gasteiger partial charge in [0.05, 0.1) is 12.5 Å². The molecule has 19 heavy (non-hydrogen) atoms. The Morgan fingerprint density at radius 2 is 2.11 bits per heavy atom. The Hall–Kier alpha value is -2.23. The number of carbonyl (C=O) groups excluding carboxylic acids is 1. The quantitative estimate of drug-likeness (QED) is 0.863. The summed E-state index contributed by atoms with van der Waals surface area (Å²) in [6.45, 7) is 0.705. The van der Waals surface area contributed by atoms with E-state index in [0.29, 0.717) is 6.54 Å². The third-order valence-corrected chi connectivity index (χ3v) is 3.15. The van der Waals surface area contributed by atoms with E-state index >= 15 is 0 Å². The van der Waals surface area contributed by atoms with Crippen molar-refractivity contribution in [2.75, 3.05) is 10.6 Å². The lowest BCUT2D eigenvalue weighted by molar-refractivity contribution is -0.117.